The zero-order valence-corrected chi connectivity index (χ0v) is 12.1. The van der Waals surface area contributed by atoms with Crippen molar-refractivity contribution in [1.29, 1.82) is 0 Å². The third-order valence-electron chi connectivity index (χ3n) is 5.00. The van der Waals surface area contributed by atoms with E-state index in [9.17, 15) is 0 Å². The summed E-state index contributed by atoms with van der Waals surface area (Å²) in [6, 6.07) is 7.71. The molecular formula is C17H25NO. The first kappa shape index (κ1) is 13.0. The molecule has 1 fully saturated rings. The molecule has 0 radical (unpaired) electrons. The van der Waals surface area contributed by atoms with Crippen LogP contribution in [0.25, 0.3) is 0 Å². The molecule has 0 saturated heterocycles. The summed E-state index contributed by atoms with van der Waals surface area (Å²) in [5, 5.41) is 3.87. The van der Waals surface area contributed by atoms with E-state index in [1.807, 2.05) is 0 Å². The molecular weight excluding hydrogens is 234 g/mol. The highest BCUT2D eigenvalue weighted by Gasteiger charge is 2.28. The Morgan fingerprint density at radius 1 is 1.21 bits per heavy atom. The maximum atomic E-state index is 5.36. The van der Waals surface area contributed by atoms with Crippen LogP contribution in [0.4, 0.5) is 0 Å². The van der Waals surface area contributed by atoms with E-state index in [2.05, 4.69) is 30.4 Å². The van der Waals surface area contributed by atoms with E-state index >= 15 is 0 Å². The predicted molar refractivity (Wildman–Crippen MR) is 78.6 cm³/mol. The number of ether oxygens (including phenoxy) is 1. The van der Waals surface area contributed by atoms with E-state index in [0.717, 1.165) is 11.7 Å². The van der Waals surface area contributed by atoms with Crippen LogP contribution in [-0.2, 0) is 6.42 Å². The zero-order valence-electron chi connectivity index (χ0n) is 12.1. The Bertz CT molecular complexity index is 437. The number of benzene rings is 1. The van der Waals surface area contributed by atoms with Crippen molar-refractivity contribution >= 4 is 0 Å². The third kappa shape index (κ3) is 2.64. The summed E-state index contributed by atoms with van der Waals surface area (Å²) in [6.07, 6.45) is 8.10. The molecule has 1 aromatic rings. The molecule has 0 aliphatic heterocycles. The van der Waals surface area contributed by atoms with Crippen LogP contribution < -0.4 is 10.1 Å². The average molecular weight is 259 g/mol. The fourth-order valence-corrected chi connectivity index (χ4v) is 3.79. The highest BCUT2D eigenvalue weighted by atomic mass is 16.5. The molecule has 0 spiro atoms. The van der Waals surface area contributed by atoms with Crippen LogP contribution in [0.1, 0.15) is 56.2 Å². The smallest absolute Gasteiger partial charge is 0.119 e. The molecule has 0 amide bonds. The number of hydrogen-bond acceptors (Lipinski definition) is 2. The van der Waals surface area contributed by atoms with Crippen LogP contribution in [0.5, 0.6) is 5.75 Å². The summed E-state index contributed by atoms with van der Waals surface area (Å²) in [5.74, 6) is 1.87. The van der Waals surface area contributed by atoms with Crippen LogP contribution in [0.3, 0.4) is 0 Å². The van der Waals surface area contributed by atoms with Gasteiger partial charge in [-0.1, -0.05) is 18.9 Å². The van der Waals surface area contributed by atoms with Gasteiger partial charge in [0.15, 0.2) is 0 Å². The van der Waals surface area contributed by atoms with Crippen LogP contribution in [-0.4, -0.2) is 13.2 Å². The number of hydrogen-bond donors (Lipinski definition) is 1. The van der Waals surface area contributed by atoms with Gasteiger partial charge in [-0.2, -0.15) is 0 Å². The minimum absolute atomic E-state index is 0.528. The van der Waals surface area contributed by atoms with Gasteiger partial charge in [0, 0.05) is 12.1 Å². The fraction of sp³-hybridized carbons (Fsp3) is 0.647. The zero-order chi connectivity index (χ0) is 13.2. The fourth-order valence-electron chi connectivity index (χ4n) is 3.79. The van der Waals surface area contributed by atoms with E-state index in [-0.39, 0.29) is 0 Å². The summed E-state index contributed by atoms with van der Waals surface area (Å²) >= 11 is 0. The van der Waals surface area contributed by atoms with Crippen molar-refractivity contribution in [2.24, 2.45) is 5.92 Å². The van der Waals surface area contributed by atoms with Gasteiger partial charge in [0.05, 0.1) is 7.11 Å². The summed E-state index contributed by atoms with van der Waals surface area (Å²) in [7, 11) is 1.75. The van der Waals surface area contributed by atoms with Crippen molar-refractivity contribution < 1.29 is 4.74 Å². The standard InChI is InChI=1S/C17H25NO/c1-12(13-5-3-4-6-13)18-17-10-8-14-7-9-15(19-2)11-16(14)17/h7,9,11-13,17-18H,3-6,8,10H2,1-2H3/t12-,17?/m0/s1. The lowest BCUT2D eigenvalue weighted by atomic mass is 9.98. The first-order chi connectivity index (χ1) is 9.28. The van der Waals surface area contributed by atoms with Gasteiger partial charge in [-0.3, -0.25) is 0 Å². The van der Waals surface area contributed by atoms with Crippen LogP contribution in [0.15, 0.2) is 18.2 Å². The molecule has 104 valence electrons. The van der Waals surface area contributed by atoms with Gasteiger partial charge in [0.25, 0.3) is 0 Å². The molecule has 2 heteroatoms. The van der Waals surface area contributed by atoms with E-state index in [4.69, 9.17) is 4.74 Å². The van der Waals surface area contributed by atoms with Gasteiger partial charge in [0.1, 0.15) is 5.75 Å². The van der Waals surface area contributed by atoms with Crippen LogP contribution in [0.2, 0.25) is 0 Å². The number of methoxy groups -OCH3 is 1. The highest BCUT2D eigenvalue weighted by molar-refractivity contribution is 5.40. The molecule has 2 aliphatic carbocycles. The van der Waals surface area contributed by atoms with Crippen molar-refractivity contribution in [2.75, 3.05) is 7.11 Å². The summed E-state index contributed by atoms with van der Waals surface area (Å²) in [5.41, 5.74) is 2.96. The van der Waals surface area contributed by atoms with Crippen molar-refractivity contribution in [3.8, 4) is 5.75 Å². The predicted octanol–water partition coefficient (Wildman–Crippen LogP) is 3.85. The minimum Gasteiger partial charge on any atom is -0.497 e. The normalized spacial score (nSPS) is 24.4. The van der Waals surface area contributed by atoms with Gasteiger partial charge in [-0.15, -0.1) is 0 Å². The molecule has 1 N–H and O–H groups in total. The van der Waals surface area contributed by atoms with Crippen molar-refractivity contribution in [3.05, 3.63) is 29.3 Å². The highest BCUT2D eigenvalue weighted by Crippen LogP contribution is 2.36. The molecule has 1 aromatic carbocycles. The van der Waals surface area contributed by atoms with Gasteiger partial charge >= 0.3 is 0 Å². The Kier molecular flexibility index (Phi) is 3.79. The van der Waals surface area contributed by atoms with Gasteiger partial charge in [-0.25, -0.2) is 0 Å². The molecule has 2 aliphatic rings. The Morgan fingerprint density at radius 3 is 2.74 bits per heavy atom. The van der Waals surface area contributed by atoms with E-state index < -0.39 is 0 Å². The lowest BCUT2D eigenvalue weighted by molar-refractivity contribution is 0.341. The van der Waals surface area contributed by atoms with Crippen molar-refractivity contribution in [3.63, 3.8) is 0 Å². The second kappa shape index (κ2) is 5.54. The Labute approximate surface area is 116 Å². The molecule has 19 heavy (non-hydrogen) atoms. The maximum absolute atomic E-state index is 5.36. The largest absolute Gasteiger partial charge is 0.497 e. The van der Waals surface area contributed by atoms with Gasteiger partial charge < -0.3 is 10.1 Å². The third-order valence-corrected chi connectivity index (χ3v) is 5.00. The number of fused-ring (bicyclic) bond motifs is 1. The lowest BCUT2D eigenvalue weighted by Gasteiger charge is -2.25. The second-order valence-electron chi connectivity index (χ2n) is 6.16. The Hall–Kier alpha value is -1.02. The van der Waals surface area contributed by atoms with E-state index in [1.54, 1.807) is 7.11 Å². The Balaban J connectivity index is 1.70. The first-order valence-electron chi connectivity index (χ1n) is 7.71. The number of rotatable bonds is 4. The van der Waals surface area contributed by atoms with Crippen molar-refractivity contribution in [1.82, 2.24) is 5.32 Å². The maximum Gasteiger partial charge on any atom is 0.119 e. The molecule has 0 heterocycles. The first-order valence-corrected chi connectivity index (χ1v) is 7.71. The Morgan fingerprint density at radius 2 is 2.00 bits per heavy atom. The van der Waals surface area contributed by atoms with Crippen LogP contribution >= 0.6 is 0 Å². The molecule has 0 aromatic heterocycles. The topological polar surface area (TPSA) is 21.3 Å². The molecule has 1 unspecified atom stereocenters. The molecule has 2 atom stereocenters. The summed E-state index contributed by atoms with van der Waals surface area (Å²) in [6.45, 7) is 2.37. The second-order valence-corrected chi connectivity index (χ2v) is 6.16. The molecule has 0 bridgehead atoms. The van der Waals surface area contributed by atoms with E-state index in [1.165, 1.54) is 49.7 Å². The number of nitrogens with one attached hydrogen (secondary N) is 1. The summed E-state index contributed by atoms with van der Waals surface area (Å²) < 4.78 is 5.36. The van der Waals surface area contributed by atoms with Gasteiger partial charge in [0.2, 0.25) is 0 Å². The van der Waals surface area contributed by atoms with Crippen molar-refractivity contribution in [2.45, 2.75) is 57.5 Å². The molecule has 2 nitrogen and oxygen atoms in total. The number of aryl methyl sites for hydroxylation is 1. The quantitative estimate of drug-likeness (QED) is 0.886. The van der Waals surface area contributed by atoms with Gasteiger partial charge in [-0.05, 0) is 61.8 Å². The van der Waals surface area contributed by atoms with E-state index in [0.29, 0.717) is 12.1 Å². The SMILES string of the molecule is COc1ccc2c(c1)C(N[C@@H](C)C1CCCC1)CC2. The average Bonchev–Trinajstić information content (AvgIpc) is 3.08. The molecule has 1 saturated carbocycles. The van der Waals surface area contributed by atoms with Crippen LogP contribution in [0, 0.1) is 5.92 Å². The lowest BCUT2D eigenvalue weighted by Crippen LogP contribution is -2.34. The molecule has 3 rings (SSSR count). The summed E-state index contributed by atoms with van der Waals surface area (Å²) in [4.78, 5) is 0. The monoisotopic (exact) mass is 259 g/mol. The minimum atomic E-state index is 0.528.